The standard InChI is InChI=1S/C18H23N3O2/c1-2-13-5-6-16-15(11-13)14(7-8-19-16)18(23)20-12-17(22)21-9-3-4-10-21/h5-7,11,19H,2-4,8-10,12H2,1H3,(H,20,23). The quantitative estimate of drug-likeness (QED) is 0.891. The first-order valence-corrected chi connectivity index (χ1v) is 8.32. The Morgan fingerprint density at radius 3 is 2.78 bits per heavy atom. The number of fused-ring (bicyclic) bond motifs is 1. The van der Waals surface area contributed by atoms with Crippen LogP contribution in [-0.4, -0.2) is 42.9 Å². The fourth-order valence-corrected chi connectivity index (χ4v) is 3.11. The van der Waals surface area contributed by atoms with Gasteiger partial charge in [0, 0.05) is 36.5 Å². The minimum absolute atomic E-state index is 0.00733. The highest BCUT2D eigenvalue weighted by Crippen LogP contribution is 2.28. The van der Waals surface area contributed by atoms with Crippen LogP contribution in [0.1, 0.15) is 30.9 Å². The molecule has 0 aromatic heterocycles. The second-order valence-corrected chi connectivity index (χ2v) is 6.00. The van der Waals surface area contributed by atoms with Crippen molar-refractivity contribution < 1.29 is 9.59 Å². The Kier molecular flexibility index (Phi) is 4.65. The highest BCUT2D eigenvalue weighted by atomic mass is 16.2. The van der Waals surface area contributed by atoms with Crippen molar-refractivity contribution in [3.8, 4) is 0 Å². The zero-order valence-corrected chi connectivity index (χ0v) is 13.5. The van der Waals surface area contributed by atoms with Gasteiger partial charge in [-0.1, -0.05) is 19.1 Å². The highest BCUT2D eigenvalue weighted by Gasteiger charge is 2.22. The number of aryl methyl sites for hydroxylation is 1. The van der Waals surface area contributed by atoms with Crippen molar-refractivity contribution in [2.45, 2.75) is 26.2 Å². The molecule has 2 N–H and O–H groups in total. The number of carbonyl (C=O) groups excluding carboxylic acids is 2. The van der Waals surface area contributed by atoms with Crippen molar-refractivity contribution in [3.05, 3.63) is 35.4 Å². The lowest BCUT2D eigenvalue weighted by Gasteiger charge is -2.20. The number of amides is 2. The van der Waals surface area contributed by atoms with E-state index < -0.39 is 0 Å². The molecule has 2 heterocycles. The Morgan fingerprint density at radius 1 is 1.26 bits per heavy atom. The fraction of sp³-hybridized carbons (Fsp3) is 0.444. The Hall–Kier alpha value is -2.30. The number of rotatable bonds is 4. The summed E-state index contributed by atoms with van der Waals surface area (Å²) in [4.78, 5) is 26.4. The monoisotopic (exact) mass is 313 g/mol. The molecule has 122 valence electrons. The second kappa shape index (κ2) is 6.86. The van der Waals surface area contributed by atoms with E-state index in [1.165, 1.54) is 5.56 Å². The molecule has 2 aliphatic rings. The third-order valence-electron chi connectivity index (χ3n) is 4.48. The molecular formula is C18H23N3O2. The van der Waals surface area contributed by atoms with Gasteiger partial charge in [-0.2, -0.15) is 0 Å². The molecule has 0 aliphatic carbocycles. The van der Waals surface area contributed by atoms with Crippen LogP contribution in [0.3, 0.4) is 0 Å². The molecule has 0 saturated carbocycles. The molecule has 0 radical (unpaired) electrons. The molecule has 1 aromatic rings. The summed E-state index contributed by atoms with van der Waals surface area (Å²) in [6.07, 6.45) is 4.93. The van der Waals surface area contributed by atoms with Crippen LogP contribution in [-0.2, 0) is 16.0 Å². The van der Waals surface area contributed by atoms with Crippen LogP contribution < -0.4 is 10.6 Å². The first-order valence-electron chi connectivity index (χ1n) is 8.32. The van der Waals surface area contributed by atoms with Gasteiger partial charge in [-0.3, -0.25) is 9.59 Å². The predicted octanol–water partition coefficient (Wildman–Crippen LogP) is 1.80. The van der Waals surface area contributed by atoms with E-state index in [1.54, 1.807) is 0 Å². The van der Waals surface area contributed by atoms with Crippen molar-refractivity contribution >= 4 is 23.1 Å². The van der Waals surface area contributed by atoms with Crippen LogP contribution in [0.4, 0.5) is 5.69 Å². The van der Waals surface area contributed by atoms with Crippen LogP contribution in [0.15, 0.2) is 24.3 Å². The van der Waals surface area contributed by atoms with Gasteiger partial charge in [-0.15, -0.1) is 0 Å². The summed E-state index contributed by atoms with van der Waals surface area (Å²) in [7, 11) is 0. The van der Waals surface area contributed by atoms with Gasteiger partial charge in [0.05, 0.1) is 6.54 Å². The van der Waals surface area contributed by atoms with E-state index in [4.69, 9.17) is 0 Å². The van der Waals surface area contributed by atoms with E-state index >= 15 is 0 Å². The van der Waals surface area contributed by atoms with Gasteiger partial charge in [0.15, 0.2) is 0 Å². The number of nitrogens with zero attached hydrogens (tertiary/aromatic N) is 1. The third kappa shape index (κ3) is 3.38. The van der Waals surface area contributed by atoms with E-state index in [0.717, 1.165) is 43.6 Å². The molecule has 2 amide bonds. The molecule has 5 nitrogen and oxygen atoms in total. The van der Waals surface area contributed by atoms with Gasteiger partial charge in [0.25, 0.3) is 5.91 Å². The summed E-state index contributed by atoms with van der Waals surface area (Å²) in [5.74, 6) is -0.165. The lowest BCUT2D eigenvalue weighted by atomic mass is 9.96. The molecule has 0 unspecified atom stereocenters. The van der Waals surface area contributed by atoms with E-state index in [1.807, 2.05) is 17.0 Å². The maximum atomic E-state index is 12.5. The zero-order chi connectivity index (χ0) is 16.2. The van der Waals surface area contributed by atoms with Crippen LogP contribution >= 0.6 is 0 Å². The molecule has 5 heteroatoms. The summed E-state index contributed by atoms with van der Waals surface area (Å²) < 4.78 is 0. The van der Waals surface area contributed by atoms with Crippen LogP contribution in [0.25, 0.3) is 5.57 Å². The summed E-state index contributed by atoms with van der Waals surface area (Å²) >= 11 is 0. The van der Waals surface area contributed by atoms with Gasteiger partial charge in [0.2, 0.25) is 5.91 Å². The van der Waals surface area contributed by atoms with Gasteiger partial charge < -0.3 is 15.5 Å². The Morgan fingerprint density at radius 2 is 2.04 bits per heavy atom. The van der Waals surface area contributed by atoms with Gasteiger partial charge in [0.1, 0.15) is 0 Å². The van der Waals surface area contributed by atoms with E-state index in [9.17, 15) is 9.59 Å². The van der Waals surface area contributed by atoms with Crippen molar-refractivity contribution in [2.75, 3.05) is 31.5 Å². The number of benzene rings is 1. The van der Waals surface area contributed by atoms with Crippen LogP contribution in [0.2, 0.25) is 0 Å². The molecule has 0 bridgehead atoms. The van der Waals surface area contributed by atoms with Crippen molar-refractivity contribution in [2.24, 2.45) is 0 Å². The number of hydrogen-bond donors (Lipinski definition) is 2. The minimum atomic E-state index is -0.173. The number of carbonyl (C=O) groups is 2. The first kappa shape index (κ1) is 15.6. The predicted molar refractivity (Wildman–Crippen MR) is 91.1 cm³/mol. The Balaban J connectivity index is 1.68. The summed E-state index contributed by atoms with van der Waals surface area (Å²) in [5, 5.41) is 6.06. The molecule has 2 aliphatic heterocycles. The summed E-state index contributed by atoms with van der Waals surface area (Å²) in [6.45, 7) is 4.41. The zero-order valence-electron chi connectivity index (χ0n) is 13.5. The highest BCUT2D eigenvalue weighted by molar-refractivity contribution is 6.22. The van der Waals surface area contributed by atoms with Crippen LogP contribution in [0, 0.1) is 0 Å². The average molecular weight is 313 g/mol. The molecule has 1 aromatic carbocycles. The normalized spacial score (nSPS) is 16.4. The molecule has 1 saturated heterocycles. The first-order chi connectivity index (χ1) is 11.2. The summed E-state index contributed by atoms with van der Waals surface area (Å²) in [5.41, 5.74) is 3.74. The third-order valence-corrected chi connectivity index (χ3v) is 4.48. The van der Waals surface area contributed by atoms with Crippen LogP contribution in [0.5, 0.6) is 0 Å². The average Bonchev–Trinajstić information content (AvgIpc) is 3.13. The molecule has 0 spiro atoms. The number of anilines is 1. The topological polar surface area (TPSA) is 61.4 Å². The van der Waals surface area contributed by atoms with E-state index in [2.05, 4.69) is 29.7 Å². The molecule has 3 rings (SSSR count). The van der Waals surface area contributed by atoms with Crippen molar-refractivity contribution in [3.63, 3.8) is 0 Å². The molecule has 1 fully saturated rings. The van der Waals surface area contributed by atoms with Crippen molar-refractivity contribution in [1.29, 1.82) is 0 Å². The van der Waals surface area contributed by atoms with E-state index in [-0.39, 0.29) is 18.4 Å². The number of likely N-dealkylation sites (tertiary alicyclic amines) is 1. The minimum Gasteiger partial charge on any atom is -0.381 e. The largest absolute Gasteiger partial charge is 0.381 e. The molecular weight excluding hydrogens is 290 g/mol. The smallest absolute Gasteiger partial charge is 0.252 e. The number of nitrogens with one attached hydrogen (secondary N) is 2. The lowest BCUT2D eigenvalue weighted by Crippen LogP contribution is -2.39. The Bertz CT molecular complexity index is 646. The maximum absolute atomic E-state index is 12.5. The van der Waals surface area contributed by atoms with Gasteiger partial charge >= 0.3 is 0 Å². The SMILES string of the molecule is CCc1ccc2c(c1)C(C(=O)NCC(=O)N1CCCC1)=CCN2. The second-order valence-electron chi connectivity index (χ2n) is 6.00. The van der Waals surface area contributed by atoms with E-state index in [0.29, 0.717) is 12.1 Å². The lowest BCUT2D eigenvalue weighted by molar-refractivity contribution is -0.130. The maximum Gasteiger partial charge on any atom is 0.252 e. The summed E-state index contributed by atoms with van der Waals surface area (Å²) in [6, 6.07) is 6.14. The van der Waals surface area contributed by atoms with Gasteiger partial charge in [-0.05, 0) is 37.0 Å². The Labute approximate surface area is 136 Å². The molecule has 23 heavy (non-hydrogen) atoms. The number of hydrogen-bond acceptors (Lipinski definition) is 3. The van der Waals surface area contributed by atoms with Gasteiger partial charge in [-0.25, -0.2) is 0 Å². The molecule has 0 atom stereocenters. The fourth-order valence-electron chi connectivity index (χ4n) is 3.11. The van der Waals surface area contributed by atoms with Crippen molar-refractivity contribution in [1.82, 2.24) is 10.2 Å².